The van der Waals surface area contributed by atoms with Crippen molar-refractivity contribution in [3.05, 3.63) is 54.9 Å². The molecule has 0 N–H and O–H groups in total. The summed E-state index contributed by atoms with van der Waals surface area (Å²) in [6, 6.07) is 10.1. The highest BCUT2D eigenvalue weighted by molar-refractivity contribution is 5.62. The second kappa shape index (κ2) is 6.56. The monoisotopic (exact) mass is 215 g/mol. The topological polar surface area (TPSA) is 30.7 Å². The average molecular weight is 215 g/mol. The summed E-state index contributed by atoms with van der Waals surface area (Å²) < 4.78 is 0. The largest absolute Gasteiger partial charge is 0.180 e. The Morgan fingerprint density at radius 1 is 1.12 bits per heavy atom. The highest BCUT2D eigenvalue weighted by Crippen LogP contribution is 2.12. The fourth-order valence-corrected chi connectivity index (χ4v) is 1.26. The maximum Gasteiger partial charge on any atom is 0.0857 e. The quantitative estimate of drug-likeness (QED) is 0.788. The van der Waals surface area contributed by atoms with Crippen molar-refractivity contribution in [2.75, 3.05) is 0 Å². The minimum atomic E-state index is 0.636. The van der Waals surface area contributed by atoms with Crippen LogP contribution in [0.5, 0.6) is 0 Å². The van der Waals surface area contributed by atoms with Gasteiger partial charge < -0.3 is 0 Å². The SMILES string of the molecule is C=C(Cn1nccn1)c1ccccc1.CC. The van der Waals surface area contributed by atoms with Crippen molar-refractivity contribution < 1.29 is 0 Å². The van der Waals surface area contributed by atoms with E-state index in [0.29, 0.717) is 6.54 Å². The molecule has 0 aliphatic carbocycles. The average Bonchev–Trinajstić information content (AvgIpc) is 2.86. The number of hydrogen-bond acceptors (Lipinski definition) is 2. The van der Waals surface area contributed by atoms with E-state index < -0.39 is 0 Å². The van der Waals surface area contributed by atoms with Crippen molar-refractivity contribution in [3.63, 3.8) is 0 Å². The van der Waals surface area contributed by atoms with Crippen LogP contribution in [-0.2, 0) is 6.54 Å². The normalized spacial score (nSPS) is 9.12. The van der Waals surface area contributed by atoms with Gasteiger partial charge in [0.1, 0.15) is 0 Å². The smallest absolute Gasteiger partial charge is 0.0857 e. The Labute approximate surface area is 96.4 Å². The van der Waals surface area contributed by atoms with E-state index in [1.165, 1.54) is 0 Å². The number of allylic oxidation sites excluding steroid dienone is 1. The van der Waals surface area contributed by atoms with E-state index in [1.54, 1.807) is 17.2 Å². The van der Waals surface area contributed by atoms with Crippen molar-refractivity contribution in [1.29, 1.82) is 0 Å². The molecule has 3 heteroatoms. The van der Waals surface area contributed by atoms with Crippen LogP contribution in [-0.4, -0.2) is 15.0 Å². The van der Waals surface area contributed by atoms with Crippen molar-refractivity contribution in [2.24, 2.45) is 0 Å². The Bertz CT molecular complexity index is 404. The molecule has 0 spiro atoms. The summed E-state index contributed by atoms with van der Waals surface area (Å²) in [5, 5.41) is 8.05. The molecule has 3 nitrogen and oxygen atoms in total. The van der Waals surface area contributed by atoms with Crippen LogP contribution in [0.2, 0.25) is 0 Å². The third-order valence-electron chi connectivity index (χ3n) is 1.98. The molecule has 0 unspecified atom stereocenters. The van der Waals surface area contributed by atoms with Gasteiger partial charge in [0, 0.05) is 0 Å². The number of benzene rings is 1. The van der Waals surface area contributed by atoms with Gasteiger partial charge in [0.25, 0.3) is 0 Å². The first kappa shape index (κ1) is 12.2. The molecule has 2 aromatic rings. The summed E-state index contributed by atoms with van der Waals surface area (Å²) in [4.78, 5) is 1.62. The van der Waals surface area contributed by atoms with E-state index in [4.69, 9.17) is 0 Å². The fraction of sp³-hybridized carbons (Fsp3) is 0.231. The Kier molecular flexibility index (Phi) is 4.99. The van der Waals surface area contributed by atoms with E-state index in [2.05, 4.69) is 16.8 Å². The van der Waals surface area contributed by atoms with Crippen LogP contribution in [0.1, 0.15) is 19.4 Å². The summed E-state index contributed by atoms with van der Waals surface area (Å²) in [6.45, 7) is 8.63. The molecule has 0 radical (unpaired) electrons. The van der Waals surface area contributed by atoms with Crippen LogP contribution in [0, 0.1) is 0 Å². The van der Waals surface area contributed by atoms with Gasteiger partial charge in [-0.15, -0.1) is 0 Å². The van der Waals surface area contributed by atoms with E-state index in [9.17, 15) is 0 Å². The van der Waals surface area contributed by atoms with Gasteiger partial charge in [-0.1, -0.05) is 50.8 Å². The molecule has 84 valence electrons. The van der Waals surface area contributed by atoms with Gasteiger partial charge in [-0.25, -0.2) is 0 Å². The Hall–Kier alpha value is -1.90. The minimum absolute atomic E-state index is 0.636. The minimum Gasteiger partial charge on any atom is -0.180 e. The maximum absolute atomic E-state index is 4.03. The van der Waals surface area contributed by atoms with Crippen LogP contribution in [0.4, 0.5) is 0 Å². The first-order valence-electron chi connectivity index (χ1n) is 5.43. The van der Waals surface area contributed by atoms with Crippen molar-refractivity contribution in [3.8, 4) is 0 Å². The zero-order chi connectivity index (χ0) is 11.8. The Morgan fingerprint density at radius 2 is 1.69 bits per heavy atom. The lowest BCUT2D eigenvalue weighted by Crippen LogP contribution is -2.03. The molecule has 0 saturated heterocycles. The molecular weight excluding hydrogens is 198 g/mol. The molecule has 0 aliphatic heterocycles. The van der Waals surface area contributed by atoms with Gasteiger partial charge in [-0.3, -0.25) is 0 Å². The molecular formula is C13H17N3. The molecule has 16 heavy (non-hydrogen) atoms. The van der Waals surface area contributed by atoms with Crippen LogP contribution in [0.25, 0.3) is 5.57 Å². The third-order valence-corrected chi connectivity index (χ3v) is 1.98. The zero-order valence-electron chi connectivity index (χ0n) is 9.80. The van der Waals surface area contributed by atoms with Gasteiger partial charge in [0.15, 0.2) is 0 Å². The predicted octanol–water partition coefficient (Wildman–Crippen LogP) is 3.02. The second-order valence-corrected chi connectivity index (χ2v) is 3.03. The molecule has 0 saturated carbocycles. The lowest BCUT2D eigenvalue weighted by atomic mass is 10.1. The third kappa shape index (κ3) is 3.35. The number of rotatable bonds is 3. The van der Waals surface area contributed by atoms with Gasteiger partial charge in [0.2, 0.25) is 0 Å². The summed E-state index contributed by atoms with van der Waals surface area (Å²) in [7, 11) is 0. The summed E-state index contributed by atoms with van der Waals surface area (Å²) >= 11 is 0. The van der Waals surface area contributed by atoms with E-state index in [-0.39, 0.29) is 0 Å². The standard InChI is InChI=1S/C11H11N3.C2H6/c1-10(9-14-12-7-8-13-14)11-5-3-2-4-6-11;1-2/h2-8H,1,9H2;1-2H3. The lowest BCUT2D eigenvalue weighted by Gasteiger charge is -2.04. The number of aromatic nitrogens is 3. The van der Waals surface area contributed by atoms with Crippen LogP contribution >= 0.6 is 0 Å². The Morgan fingerprint density at radius 3 is 2.25 bits per heavy atom. The zero-order valence-corrected chi connectivity index (χ0v) is 9.80. The van der Waals surface area contributed by atoms with E-state index >= 15 is 0 Å². The molecule has 0 fully saturated rings. The van der Waals surface area contributed by atoms with E-state index in [0.717, 1.165) is 11.1 Å². The Balaban J connectivity index is 0.000000606. The van der Waals surface area contributed by atoms with Gasteiger partial charge >= 0.3 is 0 Å². The molecule has 1 aromatic heterocycles. The molecule has 0 bridgehead atoms. The fourth-order valence-electron chi connectivity index (χ4n) is 1.26. The van der Waals surface area contributed by atoms with Crippen LogP contribution in [0.3, 0.4) is 0 Å². The molecule has 0 aliphatic rings. The molecule has 2 rings (SSSR count). The maximum atomic E-state index is 4.03. The number of hydrogen-bond donors (Lipinski definition) is 0. The molecule has 1 aromatic carbocycles. The molecule has 0 atom stereocenters. The van der Waals surface area contributed by atoms with Gasteiger partial charge in [-0.05, 0) is 11.1 Å². The predicted molar refractivity (Wildman–Crippen MR) is 66.8 cm³/mol. The van der Waals surface area contributed by atoms with Crippen LogP contribution in [0.15, 0.2) is 49.3 Å². The lowest BCUT2D eigenvalue weighted by molar-refractivity contribution is 0.611. The van der Waals surface area contributed by atoms with Crippen molar-refractivity contribution in [2.45, 2.75) is 20.4 Å². The molecule has 0 amide bonds. The number of nitrogens with zero attached hydrogens (tertiary/aromatic N) is 3. The van der Waals surface area contributed by atoms with E-state index in [1.807, 2.05) is 44.2 Å². The van der Waals surface area contributed by atoms with Gasteiger partial charge in [0.05, 0.1) is 18.9 Å². The van der Waals surface area contributed by atoms with Crippen LogP contribution < -0.4 is 0 Å². The summed E-state index contributed by atoms with van der Waals surface area (Å²) in [5.74, 6) is 0. The molecule has 1 heterocycles. The first-order chi connectivity index (χ1) is 7.86. The van der Waals surface area contributed by atoms with Gasteiger partial charge in [-0.2, -0.15) is 15.0 Å². The van der Waals surface area contributed by atoms with Crippen molar-refractivity contribution >= 4 is 5.57 Å². The second-order valence-electron chi connectivity index (χ2n) is 3.03. The first-order valence-corrected chi connectivity index (χ1v) is 5.43. The summed E-state index contributed by atoms with van der Waals surface area (Å²) in [5.41, 5.74) is 2.15. The highest BCUT2D eigenvalue weighted by atomic mass is 15.5. The highest BCUT2D eigenvalue weighted by Gasteiger charge is 1.99. The summed E-state index contributed by atoms with van der Waals surface area (Å²) in [6.07, 6.45) is 3.33. The van der Waals surface area contributed by atoms with Crippen molar-refractivity contribution in [1.82, 2.24) is 15.0 Å².